The molecule has 2 heterocycles. The van der Waals surface area contributed by atoms with Gasteiger partial charge >= 0.3 is 6.18 Å². The molecule has 25 heavy (non-hydrogen) atoms. The molecule has 0 aliphatic heterocycles. The van der Waals surface area contributed by atoms with Crippen LogP contribution in [0.25, 0.3) is 22.5 Å². The van der Waals surface area contributed by atoms with Gasteiger partial charge in [-0.15, -0.1) is 0 Å². The molecule has 2 aromatic heterocycles. The number of furan rings is 1. The maximum Gasteiger partial charge on any atom is 0.416 e. The Morgan fingerprint density at radius 3 is 2.52 bits per heavy atom. The van der Waals surface area contributed by atoms with Gasteiger partial charge in [-0.2, -0.15) is 13.2 Å². The minimum atomic E-state index is -4.48. The van der Waals surface area contributed by atoms with Crippen LogP contribution in [-0.4, -0.2) is 17.1 Å². The van der Waals surface area contributed by atoms with Crippen LogP contribution in [0.2, 0.25) is 0 Å². The van der Waals surface area contributed by atoms with E-state index in [2.05, 4.69) is 10.3 Å². The number of benzene rings is 1. The zero-order valence-electron chi connectivity index (χ0n) is 13.5. The molecule has 7 heteroatoms. The van der Waals surface area contributed by atoms with E-state index in [0.29, 0.717) is 5.56 Å². The van der Waals surface area contributed by atoms with Crippen LogP contribution < -0.4 is 5.32 Å². The number of alkyl halides is 3. The third-order valence-corrected chi connectivity index (χ3v) is 3.87. The molecule has 0 atom stereocenters. The van der Waals surface area contributed by atoms with Gasteiger partial charge in [0.15, 0.2) is 11.5 Å². The topological polar surface area (TPSA) is 58.3 Å². The predicted molar refractivity (Wildman–Crippen MR) is 88.3 cm³/mol. The van der Waals surface area contributed by atoms with E-state index in [1.54, 1.807) is 25.4 Å². The van der Waals surface area contributed by atoms with E-state index >= 15 is 0 Å². The monoisotopic (exact) mass is 348 g/mol. The van der Waals surface area contributed by atoms with Crippen molar-refractivity contribution in [1.82, 2.24) is 4.98 Å². The fourth-order valence-corrected chi connectivity index (χ4v) is 2.64. The van der Waals surface area contributed by atoms with Crippen molar-refractivity contribution in [3.8, 4) is 28.2 Å². The Morgan fingerprint density at radius 1 is 1.16 bits per heavy atom. The zero-order chi connectivity index (χ0) is 18.2. The van der Waals surface area contributed by atoms with E-state index in [4.69, 9.17) is 4.42 Å². The molecule has 4 nitrogen and oxygen atoms in total. The highest BCUT2D eigenvalue weighted by Gasteiger charge is 2.33. The van der Waals surface area contributed by atoms with E-state index in [1.807, 2.05) is 0 Å². The number of nitrogens with one attached hydrogen (secondary N) is 1. The summed E-state index contributed by atoms with van der Waals surface area (Å²) in [6.45, 7) is 1.39. The second-order valence-corrected chi connectivity index (χ2v) is 5.50. The van der Waals surface area contributed by atoms with Gasteiger partial charge in [0, 0.05) is 25.0 Å². The number of nitrogens with zero attached hydrogens (tertiary/aromatic N) is 1. The smallest absolute Gasteiger partial charge is 0.416 e. The largest absolute Gasteiger partial charge is 0.504 e. The second-order valence-electron chi connectivity index (χ2n) is 5.50. The van der Waals surface area contributed by atoms with E-state index < -0.39 is 11.7 Å². The molecule has 3 aromatic rings. The SMILES string of the molecule is CNc1oc(-c2cccnc2)c(O)c1-c1ccc(C)c(C(F)(F)F)c1. The van der Waals surface area contributed by atoms with Crippen molar-refractivity contribution in [2.75, 3.05) is 12.4 Å². The van der Waals surface area contributed by atoms with Gasteiger partial charge in [0.25, 0.3) is 0 Å². The van der Waals surface area contributed by atoms with Gasteiger partial charge in [0.2, 0.25) is 5.88 Å². The third-order valence-electron chi connectivity index (χ3n) is 3.87. The first-order valence-electron chi connectivity index (χ1n) is 7.45. The third kappa shape index (κ3) is 3.05. The highest BCUT2D eigenvalue weighted by molar-refractivity contribution is 5.87. The molecule has 3 rings (SSSR count). The molecule has 2 N–H and O–H groups in total. The Morgan fingerprint density at radius 2 is 1.92 bits per heavy atom. The van der Waals surface area contributed by atoms with Crippen LogP contribution in [-0.2, 0) is 6.18 Å². The molecule has 0 saturated carbocycles. The molecular formula is C18H15F3N2O2. The number of pyridine rings is 1. The normalized spacial score (nSPS) is 11.6. The Kier molecular flexibility index (Phi) is 4.16. The van der Waals surface area contributed by atoms with E-state index in [0.717, 1.165) is 6.07 Å². The number of hydrogen-bond donors (Lipinski definition) is 2. The van der Waals surface area contributed by atoms with Gasteiger partial charge in [0.05, 0.1) is 11.1 Å². The van der Waals surface area contributed by atoms with Crippen LogP contribution in [0.3, 0.4) is 0 Å². The summed E-state index contributed by atoms with van der Waals surface area (Å²) in [6.07, 6.45) is -1.41. The predicted octanol–water partition coefficient (Wildman–Crippen LogP) is 5.08. The number of rotatable bonds is 3. The Bertz CT molecular complexity index is 903. The molecule has 130 valence electrons. The first kappa shape index (κ1) is 16.9. The van der Waals surface area contributed by atoms with Gasteiger partial charge in [-0.1, -0.05) is 12.1 Å². The van der Waals surface area contributed by atoms with Crippen LogP contribution in [0, 0.1) is 6.92 Å². The fourth-order valence-electron chi connectivity index (χ4n) is 2.64. The van der Waals surface area contributed by atoms with Crippen molar-refractivity contribution in [2.45, 2.75) is 13.1 Å². The van der Waals surface area contributed by atoms with E-state index in [9.17, 15) is 18.3 Å². The summed E-state index contributed by atoms with van der Waals surface area (Å²) in [7, 11) is 1.56. The minimum Gasteiger partial charge on any atom is -0.504 e. The van der Waals surface area contributed by atoms with Gasteiger partial charge in [0.1, 0.15) is 0 Å². The lowest BCUT2D eigenvalue weighted by atomic mass is 9.99. The lowest BCUT2D eigenvalue weighted by molar-refractivity contribution is -0.138. The van der Waals surface area contributed by atoms with Crippen LogP contribution >= 0.6 is 0 Å². The first-order chi connectivity index (χ1) is 11.8. The maximum atomic E-state index is 13.2. The second kappa shape index (κ2) is 6.16. The molecule has 0 spiro atoms. The van der Waals surface area contributed by atoms with Crippen molar-refractivity contribution in [2.24, 2.45) is 0 Å². The van der Waals surface area contributed by atoms with Gasteiger partial charge in [-0.3, -0.25) is 4.98 Å². The number of halogens is 3. The summed E-state index contributed by atoms with van der Waals surface area (Å²) in [4.78, 5) is 3.96. The zero-order valence-corrected chi connectivity index (χ0v) is 13.5. The lowest BCUT2D eigenvalue weighted by Crippen LogP contribution is -2.07. The van der Waals surface area contributed by atoms with Crippen molar-refractivity contribution in [3.05, 3.63) is 53.9 Å². The molecule has 0 amide bonds. The molecule has 0 aliphatic carbocycles. The Labute approximate surface area is 141 Å². The number of hydrogen-bond acceptors (Lipinski definition) is 4. The van der Waals surface area contributed by atoms with Gasteiger partial charge < -0.3 is 14.8 Å². The average molecular weight is 348 g/mol. The Hall–Kier alpha value is -2.96. The molecule has 0 radical (unpaired) electrons. The van der Waals surface area contributed by atoms with Crippen molar-refractivity contribution in [3.63, 3.8) is 0 Å². The van der Waals surface area contributed by atoms with E-state index in [-0.39, 0.29) is 34.1 Å². The molecule has 1 aromatic carbocycles. The number of aryl methyl sites for hydroxylation is 1. The quantitative estimate of drug-likeness (QED) is 0.693. The summed E-state index contributed by atoms with van der Waals surface area (Å²) in [5, 5.41) is 13.3. The van der Waals surface area contributed by atoms with Gasteiger partial charge in [-0.25, -0.2) is 0 Å². The van der Waals surface area contributed by atoms with Crippen LogP contribution in [0.5, 0.6) is 5.75 Å². The molecule has 0 aliphatic rings. The number of aromatic nitrogens is 1. The first-order valence-corrected chi connectivity index (χ1v) is 7.45. The summed E-state index contributed by atoms with van der Waals surface area (Å²) in [6, 6.07) is 7.25. The minimum absolute atomic E-state index is 0.109. The summed E-state index contributed by atoms with van der Waals surface area (Å²) < 4.78 is 45.2. The van der Waals surface area contributed by atoms with Crippen LogP contribution in [0.1, 0.15) is 11.1 Å². The van der Waals surface area contributed by atoms with Crippen molar-refractivity contribution in [1.29, 1.82) is 0 Å². The van der Waals surface area contributed by atoms with E-state index in [1.165, 1.54) is 25.3 Å². The summed E-state index contributed by atoms with van der Waals surface area (Å²) >= 11 is 0. The molecule has 0 bridgehead atoms. The molecule has 0 fully saturated rings. The summed E-state index contributed by atoms with van der Waals surface area (Å²) in [5.74, 6) is 0.0734. The van der Waals surface area contributed by atoms with Crippen molar-refractivity contribution < 1.29 is 22.7 Å². The maximum absolute atomic E-state index is 13.2. The standard InChI is InChI=1S/C18H15F3N2O2/c1-10-5-6-11(8-13(10)18(19,20)21)14-15(24)16(25-17(14)22-2)12-4-3-7-23-9-12/h3-9,22,24H,1-2H3. The van der Waals surface area contributed by atoms with Gasteiger partial charge in [-0.05, 0) is 36.2 Å². The van der Waals surface area contributed by atoms with Crippen LogP contribution in [0.15, 0.2) is 47.1 Å². The lowest BCUT2D eigenvalue weighted by Gasteiger charge is -2.12. The molecule has 0 unspecified atom stereocenters. The number of aromatic hydroxyl groups is 1. The molecule has 0 saturated heterocycles. The average Bonchev–Trinajstić information content (AvgIpc) is 2.92. The summed E-state index contributed by atoms with van der Waals surface area (Å²) in [5.41, 5.74) is 0.254. The highest BCUT2D eigenvalue weighted by Crippen LogP contribution is 2.47. The Balaban J connectivity index is 2.20. The highest BCUT2D eigenvalue weighted by atomic mass is 19.4. The van der Waals surface area contributed by atoms with Crippen LogP contribution in [0.4, 0.5) is 19.1 Å². The van der Waals surface area contributed by atoms with Crippen molar-refractivity contribution >= 4 is 5.88 Å². The fraction of sp³-hybridized carbons (Fsp3) is 0.167. The molecular weight excluding hydrogens is 333 g/mol. The number of anilines is 1.